The molecule has 156 valence electrons. The summed E-state index contributed by atoms with van der Waals surface area (Å²) in [7, 11) is 3.18. The Morgan fingerprint density at radius 1 is 0.967 bits per heavy atom. The Hall–Kier alpha value is -3.08. The van der Waals surface area contributed by atoms with Crippen molar-refractivity contribution in [2.24, 2.45) is 4.99 Å². The second kappa shape index (κ2) is 8.34. The van der Waals surface area contributed by atoms with E-state index in [1.54, 1.807) is 14.2 Å². The molecule has 0 aliphatic heterocycles. The molecule has 4 rings (SSSR count). The molecule has 2 aliphatic carbocycles. The van der Waals surface area contributed by atoms with Gasteiger partial charge in [-0.1, -0.05) is 30.3 Å². The van der Waals surface area contributed by atoms with Crippen LogP contribution in [0.1, 0.15) is 42.4 Å². The van der Waals surface area contributed by atoms with Crippen LogP contribution < -0.4 is 9.47 Å². The zero-order valence-electron chi connectivity index (χ0n) is 17.6. The molecule has 1 atom stereocenters. The first-order chi connectivity index (χ1) is 14.5. The van der Waals surface area contributed by atoms with E-state index >= 15 is 0 Å². The molecule has 2 aliphatic rings. The van der Waals surface area contributed by atoms with E-state index in [4.69, 9.17) is 14.5 Å². The van der Waals surface area contributed by atoms with E-state index in [1.807, 2.05) is 37.3 Å². The molecule has 0 fully saturated rings. The standard InChI is InChI=1S/C25H27NO4/c1-15(26-20-10-16-6-4-5-7-17(16)11-20)25-21(27)12-19(13-22(25)28)18-8-9-23(29-2)24(14-18)30-3/h4-9,14,19-20,27H,10-13H2,1-3H3. The van der Waals surface area contributed by atoms with E-state index < -0.39 is 0 Å². The van der Waals surface area contributed by atoms with Crippen molar-refractivity contribution in [3.05, 3.63) is 70.5 Å². The molecule has 1 unspecified atom stereocenters. The highest BCUT2D eigenvalue weighted by Gasteiger charge is 2.31. The Bertz CT molecular complexity index is 1010. The summed E-state index contributed by atoms with van der Waals surface area (Å²) in [5.41, 5.74) is 4.62. The van der Waals surface area contributed by atoms with Crippen molar-refractivity contribution in [3.63, 3.8) is 0 Å². The van der Waals surface area contributed by atoms with Crippen LogP contribution >= 0.6 is 0 Å². The van der Waals surface area contributed by atoms with Gasteiger partial charge in [-0.25, -0.2) is 0 Å². The third kappa shape index (κ3) is 3.84. The summed E-state index contributed by atoms with van der Waals surface area (Å²) in [4.78, 5) is 17.7. The number of carbonyl (C=O) groups excluding carboxylic acids is 1. The van der Waals surface area contributed by atoms with Crippen molar-refractivity contribution < 1.29 is 19.4 Å². The van der Waals surface area contributed by atoms with Gasteiger partial charge in [0.15, 0.2) is 17.3 Å². The lowest BCUT2D eigenvalue weighted by atomic mass is 9.81. The minimum absolute atomic E-state index is 0.0599. The number of Topliss-reactive ketones (excluding diaryl/α,β-unsaturated/α-hetero) is 1. The van der Waals surface area contributed by atoms with Crippen LogP contribution in [0, 0.1) is 0 Å². The minimum atomic E-state index is -0.0930. The molecule has 0 saturated carbocycles. The van der Waals surface area contributed by atoms with Gasteiger partial charge in [0.1, 0.15) is 5.76 Å². The van der Waals surface area contributed by atoms with Gasteiger partial charge < -0.3 is 14.6 Å². The molecule has 2 aromatic rings. The number of aliphatic imine (C=N–C) groups is 1. The number of fused-ring (bicyclic) bond motifs is 1. The molecule has 30 heavy (non-hydrogen) atoms. The normalized spacial score (nSPS) is 19.8. The largest absolute Gasteiger partial charge is 0.511 e. The number of hydrogen-bond acceptors (Lipinski definition) is 5. The van der Waals surface area contributed by atoms with E-state index in [2.05, 4.69) is 12.1 Å². The Balaban J connectivity index is 1.54. The fourth-order valence-corrected chi connectivity index (χ4v) is 4.61. The summed E-state index contributed by atoms with van der Waals surface area (Å²) in [6.07, 6.45) is 2.51. The number of ketones is 1. The SMILES string of the molecule is COc1ccc(C2CC(=O)C(C(C)=NC3Cc4ccccc4C3)=C(O)C2)cc1OC. The Kier molecular flexibility index (Phi) is 5.62. The van der Waals surface area contributed by atoms with E-state index in [1.165, 1.54) is 11.1 Å². The summed E-state index contributed by atoms with van der Waals surface area (Å²) in [6.45, 7) is 1.84. The van der Waals surface area contributed by atoms with Gasteiger partial charge in [-0.2, -0.15) is 0 Å². The number of aliphatic hydroxyl groups is 1. The van der Waals surface area contributed by atoms with E-state index in [9.17, 15) is 9.90 Å². The van der Waals surface area contributed by atoms with Crippen LogP contribution in [0.3, 0.4) is 0 Å². The minimum Gasteiger partial charge on any atom is -0.511 e. The molecule has 1 N–H and O–H groups in total. The first-order valence-corrected chi connectivity index (χ1v) is 10.3. The van der Waals surface area contributed by atoms with Gasteiger partial charge in [0.2, 0.25) is 0 Å². The average Bonchev–Trinajstić information content (AvgIpc) is 3.14. The second-order valence-electron chi connectivity index (χ2n) is 8.01. The maximum atomic E-state index is 12.9. The van der Waals surface area contributed by atoms with Crippen LogP contribution in [0.5, 0.6) is 11.5 Å². The number of aliphatic hydroxyl groups excluding tert-OH is 1. The molecular weight excluding hydrogens is 378 g/mol. The molecule has 2 aromatic carbocycles. The zero-order valence-corrected chi connectivity index (χ0v) is 17.6. The third-order valence-corrected chi connectivity index (χ3v) is 6.09. The van der Waals surface area contributed by atoms with Gasteiger partial charge in [-0.05, 0) is 54.5 Å². The number of benzene rings is 2. The highest BCUT2D eigenvalue weighted by molar-refractivity contribution is 6.22. The lowest BCUT2D eigenvalue weighted by Crippen LogP contribution is -2.23. The van der Waals surface area contributed by atoms with Crippen LogP contribution in [-0.2, 0) is 17.6 Å². The maximum Gasteiger partial charge on any atom is 0.168 e. The molecule has 0 radical (unpaired) electrons. The first kappa shape index (κ1) is 20.2. The van der Waals surface area contributed by atoms with Gasteiger partial charge in [0, 0.05) is 18.6 Å². The van der Waals surface area contributed by atoms with E-state index in [0.717, 1.165) is 18.4 Å². The van der Waals surface area contributed by atoms with Gasteiger partial charge >= 0.3 is 0 Å². The number of ether oxygens (including phenoxy) is 2. The molecule has 0 heterocycles. The van der Waals surface area contributed by atoms with Gasteiger partial charge in [0.05, 0.1) is 25.8 Å². The first-order valence-electron chi connectivity index (χ1n) is 10.3. The highest BCUT2D eigenvalue weighted by atomic mass is 16.5. The predicted octanol–water partition coefficient (Wildman–Crippen LogP) is 4.59. The Morgan fingerprint density at radius 3 is 2.23 bits per heavy atom. The molecule has 0 spiro atoms. The number of carbonyl (C=O) groups is 1. The topological polar surface area (TPSA) is 68.1 Å². The number of rotatable bonds is 5. The number of methoxy groups -OCH3 is 2. The van der Waals surface area contributed by atoms with Gasteiger partial charge in [-0.15, -0.1) is 0 Å². The summed E-state index contributed by atoms with van der Waals surface area (Å²) >= 11 is 0. The molecule has 5 nitrogen and oxygen atoms in total. The maximum absolute atomic E-state index is 12.9. The monoisotopic (exact) mass is 405 g/mol. The average molecular weight is 405 g/mol. The molecule has 0 bridgehead atoms. The summed E-state index contributed by atoms with van der Waals surface area (Å²) in [5.74, 6) is 1.24. The quantitative estimate of drug-likeness (QED) is 0.739. The van der Waals surface area contributed by atoms with E-state index in [0.29, 0.717) is 35.6 Å². The fraction of sp³-hybridized carbons (Fsp3) is 0.360. The van der Waals surface area contributed by atoms with Crippen molar-refractivity contribution in [3.8, 4) is 11.5 Å². The summed E-state index contributed by atoms with van der Waals surface area (Å²) in [5, 5.41) is 10.7. The summed E-state index contributed by atoms with van der Waals surface area (Å²) < 4.78 is 10.7. The van der Waals surface area contributed by atoms with Crippen molar-refractivity contribution in [2.75, 3.05) is 14.2 Å². The number of allylic oxidation sites excluding steroid dienone is 2. The van der Waals surface area contributed by atoms with Crippen LogP contribution in [0.4, 0.5) is 0 Å². The third-order valence-electron chi connectivity index (χ3n) is 6.09. The number of nitrogens with zero attached hydrogens (tertiary/aromatic N) is 1. The van der Waals surface area contributed by atoms with Crippen molar-refractivity contribution in [1.29, 1.82) is 0 Å². The summed E-state index contributed by atoms with van der Waals surface area (Å²) in [6, 6.07) is 14.1. The van der Waals surface area contributed by atoms with Gasteiger partial charge in [-0.3, -0.25) is 9.79 Å². The zero-order chi connectivity index (χ0) is 21.3. The lowest BCUT2D eigenvalue weighted by Gasteiger charge is -2.24. The van der Waals surface area contributed by atoms with Gasteiger partial charge in [0.25, 0.3) is 0 Å². The van der Waals surface area contributed by atoms with Crippen LogP contribution in [0.2, 0.25) is 0 Å². The molecule has 0 saturated heterocycles. The predicted molar refractivity (Wildman–Crippen MR) is 117 cm³/mol. The van der Waals surface area contributed by atoms with Crippen LogP contribution in [0.15, 0.2) is 58.8 Å². The van der Waals surface area contributed by atoms with Crippen molar-refractivity contribution >= 4 is 11.5 Å². The molecule has 0 aromatic heterocycles. The van der Waals surface area contributed by atoms with Crippen LogP contribution in [0.25, 0.3) is 0 Å². The van der Waals surface area contributed by atoms with Crippen molar-refractivity contribution in [2.45, 2.75) is 44.6 Å². The van der Waals surface area contributed by atoms with Crippen LogP contribution in [-0.4, -0.2) is 36.9 Å². The highest BCUT2D eigenvalue weighted by Crippen LogP contribution is 2.38. The fourth-order valence-electron chi connectivity index (χ4n) is 4.61. The molecular formula is C25H27NO4. The smallest absolute Gasteiger partial charge is 0.168 e. The Labute approximate surface area is 177 Å². The Morgan fingerprint density at radius 2 is 1.63 bits per heavy atom. The van der Waals surface area contributed by atoms with Crippen molar-refractivity contribution in [1.82, 2.24) is 0 Å². The second-order valence-corrected chi connectivity index (χ2v) is 8.01. The lowest BCUT2D eigenvalue weighted by molar-refractivity contribution is -0.116. The molecule has 5 heteroatoms. The molecule has 0 amide bonds. The number of hydrogen-bond donors (Lipinski definition) is 1. The van der Waals surface area contributed by atoms with E-state index in [-0.39, 0.29) is 23.5 Å².